The van der Waals surface area contributed by atoms with E-state index in [2.05, 4.69) is 15.9 Å². The first-order valence-electron chi connectivity index (χ1n) is 6.79. The molecule has 22 heavy (non-hydrogen) atoms. The van der Waals surface area contributed by atoms with Crippen molar-refractivity contribution in [3.8, 4) is 0 Å². The summed E-state index contributed by atoms with van der Waals surface area (Å²) in [6.45, 7) is 0.103. The van der Waals surface area contributed by atoms with Crippen LogP contribution in [-0.2, 0) is 4.79 Å². The summed E-state index contributed by atoms with van der Waals surface area (Å²) in [7, 11) is 0. The van der Waals surface area contributed by atoms with Gasteiger partial charge in [0.2, 0.25) is 0 Å². The van der Waals surface area contributed by atoms with Crippen LogP contribution in [0.15, 0.2) is 34.8 Å². The van der Waals surface area contributed by atoms with Crippen LogP contribution in [0.3, 0.4) is 0 Å². The van der Waals surface area contributed by atoms with Crippen LogP contribution in [0.25, 0.3) is 10.8 Å². The van der Waals surface area contributed by atoms with Crippen molar-refractivity contribution in [3.05, 3.63) is 45.9 Å². The first-order valence-corrected chi connectivity index (χ1v) is 7.58. The quantitative estimate of drug-likeness (QED) is 0.849. The van der Waals surface area contributed by atoms with Crippen LogP contribution in [0.5, 0.6) is 0 Å². The number of carbonyl (C=O) groups excluding carboxylic acids is 2. The van der Waals surface area contributed by atoms with Gasteiger partial charge in [-0.25, -0.2) is 0 Å². The number of carbonyl (C=O) groups is 3. The lowest BCUT2D eigenvalue weighted by Gasteiger charge is -2.27. The zero-order valence-corrected chi connectivity index (χ0v) is 13.1. The molecule has 0 aliphatic carbocycles. The first kappa shape index (κ1) is 14.7. The van der Waals surface area contributed by atoms with Gasteiger partial charge >= 0.3 is 5.97 Å². The van der Waals surface area contributed by atoms with E-state index < -0.39 is 5.97 Å². The third kappa shape index (κ3) is 2.39. The van der Waals surface area contributed by atoms with Gasteiger partial charge in [-0.2, -0.15) is 0 Å². The average Bonchev–Trinajstić information content (AvgIpc) is 2.47. The summed E-state index contributed by atoms with van der Waals surface area (Å²) >= 11 is 3.37. The van der Waals surface area contributed by atoms with Gasteiger partial charge in [0.1, 0.15) is 0 Å². The fraction of sp³-hybridized carbons (Fsp3) is 0.188. The van der Waals surface area contributed by atoms with Crippen LogP contribution in [0.1, 0.15) is 33.6 Å². The van der Waals surface area contributed by atoms with Gasteiger partial charge in [-0.15, -0.1) is 0 Å². The number of carboxylic acids is 1. The van der Waals surface area contributed by atoms with Gasteiger partial charge in [-0.1, -0.05) is 28.1 Å². The minimum Gasteiger partial charge on any atom is -0.481 e. The summed E-state index contributed by atoms with van der Waals surface area (Å²) in [4.78, 5) is 36.8. The van der Waals surface area contributed by atoms with Crippen LogP contribution in [-0.4, -0.2) is 34.3 Å². The van der Waals surface area contributed by atoms with Crippen LogP contribution in [0, 0.1) is 0 Å². The lowest BCUT2D eigenvalue weighted by Crippen LogP contribution is -2.41. The monoisotopic (exact) mass is 361 g/mol. The normalized spacial score (nSPS) is 13.8. The lowest BCUT2D eigenvalue weighted by molar-refractivity contribution is -0.137. The van der Waals surface area contributed by atoms with E-state index in [1.165, 1.54) is 0 Å². The Kier molecular flexibility index (Phi) is 3.70. The number of amides is 2. The average molecular weight is 362 g/mol. The first-order chi connectivity index (χ1) is 10.5. The topological polar surface area (TPSA) is 74.7 Å². The second kappa shape index (κ2) is 5.53. The highest BCUT2D eigenvalue weighted by Crippen LogP contribution is 2.32. The zero-order chi connectivity index (χ0) is 15.9. The summed E-state index contributed by atoms with van der Waals surface area (Å²) in [5, 5.41) is 10.2. The highest BCUT2D eigenvalue weighted by Gasteiger charge is 2.32. The molecule has 0 saturated heterocycles. The molecule has 6 heteroatoms. The van der Waals surface area contributed by atoms with Gasteiger partial charge in [-0.3, -0.25) is 19.3 Å². The molecule has 1 aliphatic heterocycles. The third-order valence-corrected chi connectivity index (χ3v) is 4.12. The van der Waals surface area contributed by atoms with Gasteiger partial charge in [-0.05, 0) is 30.0 Å². The highest BCUT2D eigenvalue weighted by molar-refractivity contribution is 9.10. The molecule has 3 rings (SSSR count). The molecule has 1 N–H and O–H groups in total. The summed E-state index contributed by atoms with van der Waals surface area (Å²) in [6, 6.07) is 8.89. The van der Waals surface area contributed by atoms with Gasteiger partial charge in [0, 0.05) is 34.0 Å². The van der Waals surface area contributed by atoms with E-state index in [1.807, 2.05) is 12.1 Å². The Balaban J connectivity index is 2.05. The molecule has 0 bridgehead atoms. The minimum absolute atomic E-state index is 0.0768. The smallest absolute Gasteiger partial charge is 0.303 e. The van der Waals surface area contributed by atoms with Gasteiger partial charge in [0.15, 0.2) is 0 Å². The van der Waals surface area contributed by atoms with Gasteiger partial charge in [0.25, 0.3) is 11.8 Å². The second-order valence-electron chi connectivity index (χ2n) is 5.12. The number of carboxylic acid groups (broad SMARTS) is 1. The number of benzene rings is 2. The minimum atomic E-state index is -0.942. The largest absolute Gasteiger partial charge is 0.481 e. The number of halogens is 1. The van der Waals surface area contributed by atoms with E-state index >= 15 is 0 Å². The predicted molar refractivity (Wildman–Crippen MR) is 83.9 cm³/mol. The summed E-state index contributed by atoms with van der Waals surface area (Å²) < 4.78 is 0.764. The Hall–Kier alpha value is -2.21. The van der Waals surface area contributed by atoms with Gasteiger partial charge in [0.05, 0.1) is 0 Å². The van der Waals surface area contributed by atoms with Crippen molar-refractivity contribution in [2.24, 2.45) is 0 Å². The standard InChI is InChI=1S/C16H12BrNO4/c17-10-7-9-3-1-4-11-14(9)12(8-10)16(22)18(15(11)21)6-2-5-13(19)20/h1,3-4,7-8H,2,5-6H2,(H,19,20). The summed E-state index contributed by atoms with van der Waals surface area (Å²) in [6.07, 6.45) is 0.165. The Morgan fingerprint density at radius 2 is 1.86 bits per heavy atom. The molecule has 1 aliphatic rings. The fourth-order valence-electron chi connectivity index (χ4n) is 2.71. The van der Waals surface area contributed by atoms with E-state index in [9.17, 15) is 14.4 Å². The van der Waals surface area contributed by atoms with E-state index in [4.69, 9.17) is 5.11 Å². The summed E-state index contributed by atoms with van der Waals surface area (Å²) in [5.74, 6) is -1.68. The maximum Gasteiger partial charge on any atom is 0.303 e. The molecule has 2 aromatic rings. The number of rotatable bonds is 4. The van der Waals surface area contributed by atoms with Gasteiger partial charge < -0.3 is 5.11 Å². The molecule has 0 atom stereocenters. The molecule has 0 unspecified atom stereocenters. The number of imide groups is 1. The van der Waals surface area contributed by atoms with Crippen LogP contribution < -0.4 is 0 Å². The number of hydrogen-bond donors (Lipinski definition) is 1. The fourth-order valence-corrected chi connectivity index (χ4v) is 3.19. The predicted octanol–water partition coefficient (Wildman–Crippen LogP) is 3.06. The van der Waals surface area contributed by atoms with Crippen molar-refractivity contribution < 1.29 is 19.5 Å². The molecule has 0 aromatic heterocycles. The van der Waals surface area contributed by atoms with Crippen molar-refractivity contribution in [1.29, 1.82) is 0 Å². The second-order valence-corrected chi connectivity index (χ2v) is 6.03. The lowest BCUT2D eigenvalue weighted by atomic mass is 9.94. The van der Waals surface area contributed by atoms with Crippen molar-refractivity contribution >= 4 is 44.5 Å². The van der Waals surface area contributed by atoms with Crippen LogP contribution >= 0.6 is 15.9 Å². The molecule has 0 saturated carbocycles. The highest BCUT2D eigenvalue weighted by atomic mass is 79.9. The van der Waals surface area contributed by atoms with Crippen molar-refractivity contribution in [3.63, 3.8) is 0 Å². The third-order valence-electron chi connectivity index (χ3n) is 3.67. The van der Waals surface area contributed by atoms with E-state index in [0.29, 0.717) is 16.5 Å². The molecule has 112 valence electrons. The molecule has 0 radical (unpaired) electrons. The molecule has 2 aromatic carbocycles. The van der Waals surface area contributed by atoms with E-state index in [-0.39, 0.29) is 31.2 Å². The van der Waals surface area contributed by atoms with Crippen molar-refractivity contribution in [1.82, 2.24) is 4.90 Å². The molecule has 1 heterocycles. The number of nitrogens with zero attached hydrogens (tertiary/aromatic N) is 1. The van der Waals surface area contributed by atoms with Crippen molar-refractivity contribution in [2.75, 3.05) is 6.54 Å². The number of aliphatic carboxylic acids is 1. The maximum atomic E-state index is 12.6. The molecule has 2 amide bonds. The molecular weight excluding hydrogens is 350 g/mol. The maximum absolute atomic E-state index is 12.6. The molecule has 5 nitrogen and oxygen atoms in total. The van der Waals surface area contributed by atoms with E-state index in [1.54, 1.807) is 18.2 Å². The van der Waals surface area contributed by atoms with Crippen LogP contribution in [0.2, 0.25) is 0 Å². The SMILES string of the molecule is O=C(O)CCCN1C(=O)c2cccc3cc(Br)cc(c23)C1=O. The Morgan fingerprint density at radius 1 is 1.14 bits per heavy atom. The van der Waals surface area contributed by atoms with E-state index in [0.717, 1.165) is 14.8 Å². The van der Waals surface area contributed by atoms with Crippen LogP contribution in [0.4, 0.5) is 0 Å². The molecule has 0 fully saturated rings. The Labute approximate surface area is 134 Å². The number of hydrogen-bond acceptors (Lipinski definition) is 3. The zero-order valence-electron chi connectivity index (χ0n) is 11.5. The Bertz CT molecular complexity index is 815. The Morgan fingerprint density at radius 3 is 2.59 bits per heavy atom. The molecular formula is C16H12BrNO4. The summed E-state index contributed by atoms with van der Waals surface area (Å²) in [5.41, 5.74) is 0.949. The van der Waals surface area contributed by atoms with Crippen molar-refractivity contribution in [2.45, 2.75) is 12.8 Å². The molecule has 0 spiro atoms.